The summed E-state index contributed by atoms with van der Waals surface area (Å²) in [6, 6.07) is 14.8. The Balaban J connectivity index is 1.42. The van der Waals surface area contributed by atoms with Crippen LogP contribution in [0.25, 0.3) is 0 Å². The average Bonchev–Trinajstić information content (AvgIpc) is 3.41. The molecule has 1 aliphatic rings. The molecular formula is C20H20N4O2. The summed E-state index contributed by atoms with van der Waals surface area (Å²) >= 11 is 0. The molecule has 1 amide bonds. The number of aromatic nitrogens is 3. The molecule has 0 aliphatic heterocycles. The van der Waals surface area contributed by atoms with Gasteiger partial charge in [-0.3, -0.25) is 14.5 Å². The summed E-state index contributed by atoms with van der Waals surface area (Å²) in [5.74, 6) is 1.53. The molecule has 1 aliphatic carbocycles. The van der Waals surface area contributed by atoms with Gasteiger partial charge in [0.15, 0.2) is 5.82 Å². The van der Waals surface area contributed by atoms with Gasteiger partial charge in [-0.25, -0.2) is 0 Å². The lowest BCUT2D eigenvalue weighted by molar-refractivity contribution is 0.102. The van der Waals surface area contributed by atoms with E-state index in [-0.39, 0.29) is 5.91 Å². The van der Waals surface area contributed by atoms with Crippen molar-refractivity contribution in [3.63, 3.8) is 0 Å². The number of hydrogen-bond donors (Lipinski definition) is 1. The predicted molar refractivity (Wildman–Crippen MR) is 98.2 cm³/mol. The molecule has 0 bridgehead atoms. The number of carbonyl (C=O) groups excluding carboxylic acids is 1. The van der Waals surface area contributed by atoms with Gasteiger partial charge in [0, 0.05) is 18.5 Å². The summed E-state index contributed by atoms with van der Waals surface area (Å²) in [6.07, 6.45) is 5.99. The monoisotopic (exact) mass is 348 g/mol. The number of pyridine rings is 1. The third kappa shape index (κ3) is 4.08. The number of nitrogens with one attached hydrogen (secondary N) is 1. The molecule has 2 heterocycles. The van der Waals surface area contributed by atoms with E-state index < -0.39 is 0 Å². The van der Waals surface area contributed by atoms with Gasteiger partial charge in [-0.15, -0.1) is 0 Å². The van der Waals surface area contributed by atoms with E-state index >= 15 is 0 Å². The Bertz CT molecular complexity index is 888. The average molecular weight is 348 g/mol. The van der Waals surface area contributed by atoms with Crippen LogP contribution in [0.4, 0.5) is 5.82 Å². The smallest absolute Gasteiger partial charge is 0.260 e. The fraction of sp³-hybridized carbons (Fsp3) is 0.250. The summed E-state index contributed by atoms with van der Waals surface area (Å²) in [5, 5.41) is 7.23. The number of ether oxygens (including phenoxy) is 1. The second-order valence-corrected chi connectivity index (χ2v) is 6.42. The fourth-order valence-electron chi connectivity index (χ4n) is 2.63. The maximum atomic E-state index is 12.6. The molecule has 1 N–H and O–H groups in total. The van der Waals surface area contributed by atoms with Crippen LogP contribution in [0.15, 0.2) is 60.9 Å². The normalized spacial score (nSPS) is 13.4. The number of para-hydroxylation sites is 1. The highest BCUT2D eigenvalue weighted by Crippen LogP contribution is 2.30. The zero-order chi connectivity index (χ0) is 17.8. The molecule has 0 radical (unpaired) electrons. The lowest BCUT2D eigenvalue weighted by atomic mass is 10.2. The van der Waals surface area contributed by atoms with Gasteiger partial charge in [-0.2, -0.15) is 5.10 Å². The summed E-state index contributed by atoms with van der Waals surface area (Å²) < 4.78 is 7.55. The first-order chi connectivity index (χ1) is 12.8. The molecule has 0 spiro atoms. The Morgan fingerprint density at radius 3 is 2.81 bits per heavy atom. The minimum Gasteiger partial charge on any atom is -0.492 e. The molecule has 3 aromatic rings. The summed E-state index contributed by atoms with van der Waals surface area (Å²) in [7, 11) is 0. The Morgan fingerprint density at radius 2 is 2.00 bits per heavy atom. The highest BCUT2D eigenvalue weighted by atomic mass is 16.5. The van der Waals surface area contributed by atoms with Crippen molar-refractivity contribution in [2.45, 2.75) is 19.4 Å². The number of rotatable bonds is 7. The Morgan fingerprint density at radius 1 is 1.15 bits per heavy atom. The first kappa shape index (κ1) is 16.3. The van der Waals surface area contributed by atoms with Gasteiger partial charge in [0.1, 0.15) is 5.75 Å². The quantitative estimate of drug-likeness (QED) is 0.711. The van der Waals surface area contributed by atoms with Crippen LogP contribution in [0.5, 0.6) is 5.75 Å². The maximum absolute atomic E-state index is 12.6. The van der Waals surface area contributed by atoms with E-state index in [1.165, 1.54) is 12.8 Å². The molecule has 1 saturated carbocycles. The van der Waals surface area contributed by atoms with Gasteiger partial charge in [0.25, 0.3) is 5.91 Å². The number of amides is 1. The van der Waals surface area contributed by atoms with Crippen LogP contribution in [-0.2, 0) is 6.54 Å². The highest BCUT2D eigenvalue weighted by Gasteiger charge is 2.23. The molecule has 132 valence electrons. The molecule has 4 rings (SSSR count). The lowest BCUT2D eigenvalue weighted by Gasteiger charge is -2.10. The standard InChI is InChI=1S/C20H20N4O2/c25-20(17-6-1-2-7-18(17)26-14-15-8-9-15)22-19-10-12-24(23-19)13-16-5-3-4-11-21-16/h1-7,10-12,15H,8-9,13-14H2,(H,22,23,25). The minimum absolute atomic E-state index is 0.223. The van der Waals surface area contributed by atoms with Crippen molar-refractivity contribution >= 4 is 11.7 Å². The topological polar surface area (TPSA) is 69.0 Å². The minimum atomic E-state index is -0.223. The molecule has 1 aromatic carbocycles. The van der Waals surface area contributed by atoms with E-state index in [2.05, 4.69) is 15.4 Å². The number of carbonyl (C=O) groups is 1. The van der Waals surface area contributed by atoms with Gasteiger partial charge < -0.3 is 10.1 Å². The summed E-state index contributed by atoms with van der Waals surface area (Å²) in [4.78, 5) is 16.9. The van der Waals surface area contributed by atoms with Gasteiger partial charge >= 0.3 is 0 Å². The van der Waals surface area contributed by atoms with Crippen LogP contribution in [0.3, 0.4) is 0 Å². The van der Waals surface area contributed by atoms with Gasteiger partial charge in [0.2, 0.25) is 0 Å². The van der Waals surface area contributed by atoms with Crippen LogP contribution in [0, 0.1) is 5.92 Å². The SMILES string of the molecule is O=C(Nc1ccn(Cc2ccccn2)n1)c1ccccc1OCC1CC1. The first-order valence-electron chi connectivity index (χ1n) is 8.74. The number of hydrogen-bond acceptors (Lipinski definition) is 4. The maximum Gasteiger partial charge on any atom is 0.260 e. The molecule has 6 heteroatoms. The van der Waals surface area contributed by atoms with Crippen molar-refractivity contribution in [3.8, 4) is 5.75 Å². The van der Waals surface area contributed by atoms with E-state index in [0.29, 0.717) is 36.2 Å². The second-order valence-electron chi connectivity index (χ2n) is 6.42. The third-order valence-corrected chi connectivity index (χ3v) is 4.24. The summed E-state index contributed by atoms with van der Waals surface area (Å²) in [5.41, 5.74) is 1.43. The second kappa shape index (κ2) is 7.39. The van der Waals surface area contributed by atoms with Crippen molar-refractivity contribution in [3.05, 3.63) is 72.2 Å². The Kier molecular flexibility index (Phi) is 4.64. The Hall–Kier alpha value is -3.15. The molecule has 26 heavy (non-hydrogen) atoms. The molecule has 1 fully saturated rings. The van der Waals surface area contributed by atoms with Gasteiger partial charge in [-0.1, -0.05) is 18.2 Å². The van der Waals surface area contributed by atoms with E-state index in [4.69, 9.17) is 4.74 Å². The fourth-order valence-corrected chi connectivity index (χ4v) is 2.63. The van der Waals surface area contributed by atoms with Gasteiger partial charge in [0.05, 0.1) is 24.4 Å². The third-order valence-electron chi connectivity index (χ3n) is 4.24. The molecule has 0 atom stereocenters. The van der Waals surface area contributed by atoms with Crippen LogP contribution in [-0.4, -0.2) is 27.3 Å². The first-order valence-corrected chi connectivity index (χ1v) is 8.74. The van der Waals surface area contributed by atoms with E-state index in [1.54, 1.807) is 23.0 Å². The van der Waals surface area contributed by atoms with Crippen molar-refractivity contribution in [1.82, 2.24) is 14.8 Å². The van der Waals surface area contributed by atoms with Gasteiger partial charge in [-0.05, 0) is 43.0 Å². The van der Waals surface area contributed by atoms with E-state index in [1.807, 2.05) is 42.6 Å². The molecule has 6 nitrogen and oxygen atoms in total. The van der Waals surface area contributed by atoms with E-state index in [0.717, 1.165) is 5.69 Å². The number of anilines is 1. The molecular weight excluding hydrogens is 328 g/mol. The zero-order valence-corrected chi connectivity index (χ0v) is 14.3. The molecule has 2 aromatic heterocycles. The van der Waals surface area contributed by atoms with Crippen LogP contribution in [0.2, 0.25) is 0 Å². The molecule has 0 saturated heterocycles. The Labute approximate surface area is 151 Å². The zero-order valence-electron chi connectivity index (χ0n) is 14.3. The summed E-state index contributed by atoms with van der Waals surface area (Å²) in [6.45, 7) is 1.22. The van der Waals surface area contributed by atoms with Crippen LogP contribution < -0.4 is 10.1 Å². The number of benzene rings is 1. The van der Waals surface area contributed by atoms with Crippen LogP contribution in [0.1, 0.15) is 28.9 Å². The van der Waals surface area contributed by atoms with Crippen LogP contribution >= 0.6 is 0 Å². The van der Waals surface area contributed by atoms with Crippen molar-refractivity contribution in [1.29, 1.82) is 0 Å². The van der Waals surface area contributed by atoms with Crippen molar-refractivity contribution in [2.75, 3.05) is 11.9 Å². The van der Waals surface area contributed by atoms with E-state index in [9.17, 15) is 4.79 Å². The lowest BCUT2D eigenvalue weighted by Crippen LogP contribution is -2.15. The predicted octanol–water partition coefficient (Wildman–Crippen LogP) is 3.37. The van der Waals surface area contributed by atoms with Crippen molar-refractivity contribution < 1.29 is 9.53 Å². The largest absolute Gasteiger partial charge is 0.492 e. The number of nitrogens with zero attached hydrogens (tertiary/aromatic N) is 3. The van der Waals surface area contributed by atoms with Crippen molar-refractivity contribution in [2.24, 2.45) is 5.92 Å². The molecule has 0 unspecified atom stereocenters. The highest BCUT2D eigenvalue weighted by molar-refractivity contribution is 6.05.